The van der Waals surface area contributed by atoms with E-state index in [4.69, 9.17) is 4.74 Å². The fraction of sp³-hybridized carbons (Fsp3) is 0.706. The van der Waals surface area contributed by atoms with E-state index in [9.17, 15) is 4.79 Å². The first-order valence-electron chi connectivity index (χ1n) is 8.18. The van der Waals surface area contributed by atoms with Crippen molar-refractivity contribution in [3.8, 4) is 0 Å². The molecule has 0 unspecified atom stereocenters. The van der Waals surface area contributed by atoms with Crippen molar-refractivity contribution < 1.29 is 9.53 Å². The molecule has 2 atom stereocenters. The van der Waals surface area contributed by atoms with Crippen molar-refractivity contribution in [3.63, 3.8) is 0 Å². The molecule has 0 radical (unpaired) electrons. The van der Waals surface area contributed by atoms with Crippen LogP contribution in [0.5, 0.6) is 0 Å². The Morgan fingerprint density at radius 2 is 2.09 bits per heavy atom. The van der Waals surface area contributed by atoms with E-state index >= 15 is 0 Å². The SMILES string of the molecule is CCO[C@@H]1C[C@@H](N(C)C(=O)c2ccnc(C)n2)C1(CC)CC. The third-order valence-electron chi connectivity index (χ3n) is 5.21. The summed E-state index contributed by atoms with van der Waals surface area (Å²) in [6.45, 7) is 8.93. The van der Waals surface area contributed by atoms with E-state index in [-0.39, 0.29) is 23.5 Å². The van der Waals surface area contributed by atoms with Gasteiger partial charge < -0.3 is 9.64 Å². The van der Waals surface area contributed by atoms with Crippen LogP contribution in [0.4, 0.5) is 0 Å². The third kappa shape index (κ3) is 2.74. The van der Waals surface area contributed by atoms with E-state index in [2.05, 4.69) is 23.8 Å². The molecular formula is C17H27N3O2. The van der Waals surface area contributed by atoms with Gasteiger partial charge in [0, 0.05) is 31.3 Å². The van der Waals surface area contributed by atoms with Crippen LogP contribution in [0.2, 0.25) is 0 Å². The van der Waals surface area contributed by atoms with Gasteiger partial charge in [0.25, 0.3) is 5.91 Å². The molecule has 1 aromatic heterocycles. The largest absolute Gasteiger partial charge is 0.378 e. The number of aromatic nitrogens is 2. The molecule has 1 aromatic rings. The van der Waals surface area contributed by atoms with Crippen molar-refractivity contribution in [2.75, 3.05) is 13.7 Å². The molecular weight excluding hydrogens is 278 g/mol. The molecule has 0 aliphatic heterocycles. The molecule has 0 spiro atoms. The second kappa shape index (κ2) is 6.73. The number of carbonyl (C=O) groups is 1. The number of rotatable bonds is 6. The van der Waals surface area contributed by atoms with Crippen LogP contribution in [0, 0.1) is 12.3 Å². The van der Waals surface area contributed by atoms with Crippen LogP contribution in [0.1, 0.15) is 56.3 Å². The molecule has 5 heteroatoms. The number of nitrogens with zero attached hydrogens (tertiary/aromatic N) is 3. The Morgan fingerprint density at radius 3 is 2.64 bits per heavy atom. The highest BCUT2D eigenvalue weighted by molar-refractivity contribution is 5.92. The summed E-state index contributed by atoms with van der Waals surface area (Å²) >= 11 is 0. The Morgan fingerprint density at radius 1 is 1.41 bits per heavy atom. The topological polar surface area (TPSA) is 55.3 Å². The zero-order chi connectivity index (χ0) is 16.3. The number of aryl methyl sites for hydroxylation is 1. The summed E-state index contributed by atoms with van der Waals surface area (Å²) in [4.78, 5) is 22.9. The molecule has 1 amide bonds. The minimum absolute atomic E-state index is 0.0308. The van der Waals surface area contributed by atoms with E-state index in [0.29, 0.717) is 11.5 Å². The first kappa shape index (κ1) is 16.9. The molecule has 1 heterocycles. The van der Waals surface area contributed by atoms with Gasteiger partial charge in [-0.05, 0) is 39.2 Å². The Labute approximate surface area is 133 Å². The number of ether oxygens (including phenoxy) is 1. The summed E-state index contributed by atoms with van der Waals surface area (Å²) < 4.78 is 5.90. The molecule has 1 aliphatic carbocycles. The van der Waals surface area contributed by atoms with E-state index in [1.54, 1.807) is 19.2 Å². The van der Waals surface area contributed by atoms with Gasteiger partial charge in [0.15, 0.2) is 0 Å². The minimum atomic E-state index is -0.0308. The highest BCUT2D eigenvalue weighted by atomic mass is 16.5. The zero-order valence-electron chi connectivity index (χ0n) is 14.3. The van der Waals surface area contributed by atoms with E-state index in [1.165, 1.54) is 0 Å². The van der Waals surface area contributed by atoms with Crippen molar-refractivity contribution in [1.82, 2.24) is 14.9 Å². The van der Waals surface area contributed by atoms with E-state index in [0.717, 1.165) is 25.9 Å². The maximum atomic E-state index is 12.7. The van der Waals surface area contributed by atoms with Gasteiger partial charge in [0.1, 0.15) is 11.5 Å². The van der Waals surface area contributed by atoms with Crippen LogP contribution in [0.15, 0.2) is 12.3 Å². The maximum absolute atomic E-state index is 12.7. The Bertz CT molecular complexity index is 528. The molecule has 0 bridgehead atoms. The molecule has 22 heavy (non-hydrogen) atoms. The average molecular weight is 305 g/mol. The molecule has 1 saturated carbocycles. The van der Waals surface area contributed by atoms with Gasteiger partial charge in [0.2, 0.25) is 0 Å². The van der Waals surface area contributed by atoms with Crippen molar-refractivity contribution >= 4 is 5.91 Å². The zero-order valence-corrected chi connectivity index (χ0v) is 14.3. The average Bonchev–Trinajstić information content (AvgIpc) is 2.51. The van der Waals surface area contributed by atoms with Crippen molar-refractivity contribution in [2.24, 2.45) is 5.41 Å². The number of hydrogen-bond donors (Lipinski definition) is 0. The summed E-state index contributed by atoms with van der Waals surface area (Å²) in [5.41, 5.74) is 0.527. The molecule has 1 fully saturated rings. The summed E-state index contributed by atoms with van der Waals surface area (Å²) in [7, 11) is 1.88. The second-order valence-electron chi connectivity index (χ2n) is 6.04. The van der Waals surface area contributed by atoms with Crippen LogP contribution >= 0.6 is 0 Å². The third-order valence-corrected chi connectivity index (χ3v) is 5.21. The van der Waals surface area contributed by atoms with Crippen LogP contribution in [0.25, 0.3) is 0 Å². The molecule has 0 N–H and O–H groups in total. The van der Waals surface area contributed by atoms with Crippen LogP contribution < -0.4 is 0 Å². The lowest BCUT2D eigenvalue weighted by atomic mass is 9.58. The van der Waals surface area contributed by atoms with Crippen molar-refractivity contribution in [1.29, 1.82) is 0 Å². The van der Waals surface area contributed by atoms with Crippen LogP contribution in [-0.2, 0) is 4.74 Å². The van der Waals surface area contributed by atoms with Gasteiger partial charge in [-0.1, -0.05) is 13.8 Å². The molecule has 1 aliphatic rings. The molecule has 122 valence electrons. The first-order valence-corrected chi connectivity index (χ1v) is 8.18. The minimum Gasteiger partial charge on any atom is -0.378 e. The normalized spacial score (nSPS) is 23.0. The Kier molecular flexibility index (Phi) is 5.16. The lowest BCUT2D eigenvalue weighted by molar-refractivity contribution is -0.159. The van der Waals surface area contributed by atoms with E-state index in [1.807, 2.05) is 18.9 Å². The molecule has 5 nitrogen and oxygen atoms in total. The van der Waals surface area contributed by atoms with Crippen molar-refractivity contribution in [3.05, 3.63) is 23.8 Å². The first-order chi connectivity index (χ1) is 10.5. The quantitative estimate of drug-likeness (QED) is 0.811. The standard InChI is InChI=1S/C17H27N3O2/c1-6-17(7-2)14(11-15(17)22-8-3)20(5)16(21)13-9-10-18-12(4)19-13/h9-10,14-15H,6-8,11H2,1-5H3/t14-,15-/m1/s1. The summed E-state index contributed by atoms with van der Waals surface area (Å²) in [5.74, 6) is 0.592. The summed E-state index contributed by atoms with van der Waals surface area (Å²) in [5, 5.41) is 0. The Balaban J connectivity index is 2.18. The summed E-state index contributed by atoms with van der Waals surface area (Å²) in [6, 6.07) is 1.89. The van der Waals surface area contributed by atoms with Gasteiger partial charge in [-0.25, -0.2) is 9.97 Å². The van der Waals surface area contributed by atoms with Crippen LogP contribution in [-0.4, -0.2) is 46.6 Å². The predicted molar refractivity (Wildman–Crippen MR) is 85.7 cm³/mol. The smallest absolute Gasteiger partial charge is 0.272 e. The van der Waals surface area contributed by atoms with E-state index < -0.39 is 0 Å². The highest BCUT2D eigenvalue weighted by Crippen LogP contribution is 2.51. The van der Waals surface area contributed by atoms with Gasteiger partial charge in [0.05, 0.1) is 6.10 Å². The maximum Gasteiger partial charge on any atom is 0.272 e. The Hall–Kier alpha value is -1.49. The number of hydrogen-bond acceptors (Lipinski definition) is 4. The van der Waals surface area contributed by atoms with Gasteiger partial charge in [-0.15, -0.1) is 0 Å². The molecule has 0 aromatic carbocycles. The van der Waals surface area contributed by atoms with Gasteiger partial charge in [-0.2, -0.15) is 0 Å². The fourth-order valence-electron chi connectivity index (χ4n) is 3.78. The predicted octanol–water partition coefficient (Wildman–Crippen LogP) is 2.84. The highest BCUT2D eigenvalue weighted by Gasteiger charge is 2.55. The molecule has 0 saturated heterocycles. The lowest BCUT2D eigenvalue weighted by Gasteiger charge is -2.58. The summed E-state index contributed by atoms with van der Waals surface area (Å²) in [6.07, 6.45) is 4.82. The van der Waals surface area contributed by atoms with Gasteiger partial charge >= 0.3 is 0 Å². The van der Waals surface area contributed by atoms with Gasteiger partial charge in [-0.3, -0.25) is 4.79 Å². The molecule has 2 rings (SSSR count). The number of carbonyl (C=O) groups excluding carboxylic acids is 1. The van der Waals surface area contributed by atoms with Crippen molar-refractivity contribution in [2.45, 2.75) is 59.1 Å². The second-order valence-corrected chi connectivity index (χ2v) is 6.04. The number of amides is 1. The lowest BCUT2D eigenvalue weighted by Crippen LogP contribution is -2.64. The van der Waals surface area contributed by atoms with Crippen LogP contribution in [0.3, 0.4) is 0 Å². The fourth-order valence-corrected chi connectivity index (χ4v) is 3.78. The monoisotopic (exact) mass is 305 g/mol.